The molecule has 2 rings (SSSR count). The van der Waals surface area contributed by atoms with Gasteiger partial charge in [-0.05, 0) is 35.9 Å². The van der Waals surface area contributed by atoms with E-state index >= 15 is 0 Å². The topological polar surface area (TPSA) is 84.7 Å². The highest BCUT2D eigenvalue weighted by Gasteiger charge is 2.11. The van der Waals surface area contributed by atoms with Crippen LogP contribution in [-0.4, -0.2) is 33.2 Å². The van der Waals surface area contributed by atoms with Crippen LogP contribution in [0.15, 0.2) is 18.2 Å². The van der Waals surface area contributed by atoms with E-state index in [0.29, 0.717) is 5.56 Å². The van der Waals surface area contributed by atoms with Gasteiger partial charge in [0.15, 0.2) is 0 Å². The lowest BCUT2D eigenvalue weighted by atomic mass is 10.1. The quantitative estimate of drug-likeness (QED) is 0.837. The number of carbonyl (C=O) groups is 1. The number of hydrogen-bond acceptors (Lipinski definition) is 5. The number of rotatable bonds is 3. The molecule has 0 saturated heterocycles. The number of tetrazole rings is 1. The third-order valence-corrected chi connectivity index (χ3v) is 2.49. The van der Waals surface area contributed by atoms with Gasteiger partial charge in [-0.25, -0.2) is 0 Å². The molecule has 2 aromatic rings. The smallest absolute Gasteiger partial charge is 0.270 e. The molecule has 0 spiro atoms. The standard InChI is InChI=1S/C11H14N6O/c1-7-6-8(12-2)4-5-9(7)10(18)13-11-14-16-17(3)15-11/h4-6,12H,1-3H3,(H,13,15,18). The van der Waals surface area contributed by atoms with Crippen molar-refractivity contribution in [2.45, 2.75) is 6.92 Å². The molecule has 18 heavy (non-hydrogen) atoms. The highest BCUT2D eigenvalue weighted by Crippen LogP contribution is 2.15. The first-order valence-corrected chi connectivity index (χ1v) is 5.44. The largest absolute Gasteiger partial charge is 0.388 e. The first-order chi connectivity index (χ1) is 8.60. The molecule has 0 aliphatic carbocycles. The second kappa shape index (κ2) is 4.82. The van der Waals surface area contributed by atoms with Crippen molar-refractivity contribution in [2.75, 3.05) is 17.7 Å². The third kappa shape index (κ3) is 2.45. The zero-order chi connectivity index (χ0) is 13.1. The molecular weight excluding hydrogens is 232 g/mol. The van der Waals surface area contributed by atoms with Gasteiger partial charge >= 0.3 is 0 Å². The van der Waals surface area contributed by atoms with Crippen molar-refractivity contribution in [1.82, 2.24) is 20.2 Å². The molecule has 94 valence electrons. The van der Waals surface area contributed by atoms with Crippen LogP contribution in [0.25, 0.3) is 0 Å². The van der Waals surface area contributed by atoms with Crippen LogP contribution in [0.2, 0.25) is 0 Å². The Morgan fingerprint density at radius 2 is 2.17 bits per heavy atom. The summed E-state index contributed by atoms with van der Waals surface area (Å²) in [6.45, 7) is 1.87. The number of benzene rings is 1. The number of amides is 1. The molecule has 1 aromatic heterocycles. The lowest BCUT2D eigenvalue weighted by molar-refractivity contribution is 0.102. The summed E-state index contributed by atoms with van der Waals surface area (Å²) < 4.78 is 0. The van der Waals surface area contributed by atoms with Crippen molar-refractivity contribution in [1.29, 1.82) is 0 Å². The Morgan fingerprint density at radius 3 is 2.72 bits per heavy atom. The summed E-state index contributed by atoms with van der Waals surface area (Å²) >= 11 is 0. The predicted octanol–water partition coefficient (Wildman–Crippen LogP) is 0.813. The number of nitrogens with one attached hydrogen (secondary N) is 2. The molecule has 7 nitrogen and oxygen atoms in total. The minimum atomic E-state index is -0.247. The number of carbonyl (C=O) groups excluding carboxylic acids is 1. The normalized spacial score (nSPS) is 10.2. The van der Waals surface area contributed by atoms with Gasteiger partial charge in [0.2, 0.25) is 0 Å². The van der Waals surface area contributed by atoms with Crippen LogP contribution in [0, 0.1) is 6.92 Å². The fourth-order valence-electron chi connectivity index (χ4n) is 1.58. The molecule has 0 saturated carbocycles. The van der Waals surface area contributed by atoms with E-state index in [2.05, 4.69) is 26.0 Å². The average Bonchev–Trinajstić information content (AvgIpc) is 2.74. The summed E-state index contributed by atoms with van der Waals surface area (Å²) in [5, 5.41) is 16.8. The van der Waals surface area contributed by atoms with Gasteiger partial charge in [-0.1, -0.05) is 5.10 Å². The van der Waals surface area contributed by atoms with Crippen molar-refractivity contribution in [3.63, 3.8) is 0 Å². The first kappa shape index (κ1) is 12.0. The summed E-state index contributed by atoms with van der Waals surface area (Å²) in [5.74, 6) is -0.0530. The van der Waals surface area contributed by atoms with Gasteiger partial charge in [0, 0.05) is 18.3 Å². The van der Waals surface area contributed by atoms with E-state index in [1.165, 1.54) is 4.80 Å². The maximum atomic E-state index is 12.0. The molecule has 0 bridgehead atoms. The molecule has 1 amide bonds. The van der Waals surface area contributed by atoms with E-state index < -0.39 is 0 Å². The van der Waals surface area contributed by atoms with E-state index in [4.69, 9.17) is 0 Å². The minimum Gasteiger partial charge on any atom is -0.388 e. The van der Waals surface area contributed by atoms with Crippen molar-refractivity contribution in [3.8, 4) is 0 Å². The summed E-state index contributed by atoms with van der Waals surface area (Å²) in [7, 11) is 3.47. The fourth-order valence-corrected chi connectivity index (χ4v) is 1.58. The molecule has 0 unspecified atom stereocenters. The van der Waals surface area contributed by atoms with Crippen LogP contribution >= 0.6 is 0 Å². The molecule has 1 heterocycles. The second-order valence-electron chi connectivity index (χ2n) is 3.84. The zero-order valence-electron chi connectivity index (χ0n) is 10.4. The van der Waals surface area contributed by atoms with E-state index in [-0.39, 0.29) is 11.9 Å². The summed E-state index contributed by atoms with van der Waals surface area (Å²) in [4.78, 5) is 13.3. The lowest BCUT2D eigenvalue weighted by Crippen LogP contribution is -2.14. The van der Waals surface area contributed by atoms with E-state index in [0.717, 1.165) is 11.3 Å². The van der Waals surface area contributed by atoms with Crippen LogP contribution in [0.4, 0.5) is 11.6 Å². The van der Waals surface area contributed by atoms with Crippen LogP contribution in [0.3, 0.4) is 0 Å². The molecule has 2 N–H and O–H groups in total. The predicted molar refractivity (Wildman–Crippen MR) is 67.5 cm³/mol. The Balaban J connectivity index is 2.18. The van der Waals surface area contributed by atoms with Gasteiger partial charge in [-0.2, -0.15) is 4.80 Å². The number of nitrogens with zero attached hydrogens (tertiary/aromatic N) is 4. The highest BCUT2D eigenvalue weighted by atomic mass is 16.1. The maximum Gasteiger partial charge on any atom is 0.270 e. The third-order valence-electron chi connectivity index (χ3n) is 2.49. The molecule has 1 aromatic carbocycles. The van der Waals surface area contributed by atoms with Gasteiger partial charge in [0.25, 0.3) is 11.9 Å². The maximum absolute atomic E-state index is 12.0. The Kier molecular flexibility index (Phi) is 3.22. The van der Waals surface area contributed by atoms with Crippen molar-refractivity contribution >= 4 is 17.5 Å². The van der Waals surface area contributed by atoms with Gasteiger partial charge in [0.05, 0.1) is 7.05 Å². The van der Waals surface area contributed by atoms with Gasteiger partial charge in [-0.15, -0.1) is 5.10 Å². The van der Waals surface area contributed by atoms with E-state index in [1.807, 2.05) is 26.1 Å². The average molecular weight is 246 g/mol. The monoisotopic (exact) mass is 246 g/mol. The summed E-state index contributed by atoms with van der Waals surface area (Å²) in [6.07, 6.45) is 0. The van der Waals surface area contributed by atoms with Crippen LogP contribution in [0.1, 0.15) is 15.9 Å². The van der Waals surface area contributed by atoms with Crippen molar-refractivity contribution in [3.05, 3.63) is 29.3 Å². The summed E-state index contributed by atoms with van der Waals surface area (Å²) in [6, 6.07) is 5.50. The molecule has 7 heteroatoms. The molecule has 0 fully saturated rings. The Bertz CT molecular complexity index is 577. The number of aromatic nitrogens is 4. The second-order valence-corrected chi connectivity index (χ2v) is 3.84. The first-order valence-electron chi connectivity index (χ1n) is 5.44. The van der Waals surface area contributed by atoms with Crippen molar-refractivity contribution < 1.29 is 4.79 Å². The summed E-state index contributed by atoms with van der Waals surface area (Å²) in [5.41, 5.74) is 2.42. The minimum absolute atomic E-state index is 0.194. The lowest BCUT2D eigenvalue weighted by Gasteiger charge is -2.07. The van der Waals surface area contributed by atoms with Gasteiger partial charge in [-0.3, -0.25) is 10.1 Å². The molecular formula is C11H14N6O. The Morgan fingerprint density at radius 1 is 1.39 bits per heavy atom. The number of anilines is 2. The van der Waals surface area contributed by atoms with E-state index in [9.17, 15) is 4.79 Å². The highest BCUT2D eigenvalue weighted by molar-refractivity contribution is 6.04. The fraction of sp³-hybridized carbons (Fsp3) is 0.273. The van der Waals surface area contributed by atoms with Crippen molar-refractivity contribution in [2.24, 2.45) is 7.05 Å². The van der Waals surface area contributed by atoms with E-state index in [1.54, 1.807) is 13.1 Å². The number of aryl methyl sites for hydroxylation is 2. The molecule has 0 aliphatic heterocycles. The molecule has 0 radical (unpaired) electrons. The SMILES string of the molecule is CNc1ccc(C(=O)Nc2nnn(C)n2)c(C)c1. The van der Waals surface area contributed by atoms with Gasteiger partial charge < -0.3 is 5.32 Å². The van der Waals surface area contributed by atoms with Crippen LogP contribution in [-0.2, 0) is 7.05 Å². The van der Waals surface area contributed by atoms with Crippen LogP contribution in [0.5, 0.6) is 0 Å². The zero-order valence-corrected chi connectivity index (χ0v) is 10.4. The Hall–Kier alpha value is -2.44. The number of hydrogen-bond donors (Lipinski definition) is 2. The molecule has 0 atom stereocenters. The van der Waals surface area contributed by atoms with Gasteiger partial charge in [0.1, 0.15) is 0 Å². The van der Waals surface area contributed by atoms with Crippen LogP contribution < -0.4 is 10.6 Å². The molecule has 0 aliphatic rings. The Labute approximate surface area is 104 Å².